The Balaban J connectivity index is 1.98. The highest BCUT2D eigenvalue weighted by atomic mass is 19.2. The molecule has 2 aromatic carbocycles. The summed E-state index contributed by atoms with van der Waals surface area (Å²) in [5, 5.41) is 8.64. The Morgan fingerprint density at radius 2 is 1.79 bits per heavy atom. The van der Waals surface area contributed by atoms with Crippen molar-refractivity contribution >= 4 is 16.9 Å². The quantitative estimate of drug-likeness (QED) is 0.770. The van der Waals surface area contributed by atoms with Crippen LogP contribution in [0.1, 0.15) is 12.0 Å². The normalized spacial score (nSPS) is 10.9. The molecule has 1 aromatic heterocycles. The SMILES string of the molecule is O=C(O)CCc1ccc(-c2nc3cc(F)c(F)cc3c(=O)[nH]2)cc1. The smallest absolute Gasteiger partial charge is 0.303 e. The van der Waals surface area contributed by atoms with Gasteiger partial charge in [0.2, 0.25) is 0 Å². The van der Waals surface area contributed by atoms with Gasteiger partial charge in [-0.05, 0) is 18.1 Å². The average molecular weight is 330 g/mol. The number of fused-ring (bicyclic) bond motifs is 1. The molecule has 2 N–H and O–H groups in total. The second-order valence-corrected chi connectivity index (χ2v) is 5.29. The van der Waals surface area contributed by atoms with Crippen molar-refractivity contribution in [2.75, 3.05) is 0 Å². The molecule has 0 aliphatic heterocycles. The van der Waals surface area contributed by atoms with E-state index in [1.807, 2.05) is 0 Å². The van der Waals surface area contributed by atoms with Gasteiger partial charge in [-0.25, -0.2) is 13.8 Å². The van der Waals surface area contributed by atoms with Crippen LogP contribution in [-0.4, -0.2) is 21.0 Å². The van der Waals surface area contributed by atoms with Gasteiger partial charge in [0.1, 0.15) is 5.82 Å². The number of benzene rings is 2. The molecular weight excluding hydrogens is 318 g/mol. The van der Waals surface area contributed by atoms with E-state index < -0.39 is 23.2 Å². The first kappa shape index (κ1) is 15.8. The van der Waals surface area contributed by atoms with Crippen LogP contribution < -0.4 is 5.56 Å². The van der Waals surface area contributed by atoms with E-state index in [4.69, 9.17) is 5.11 Å². The number of rotatable bonds is 4. The van der Waals surface area contributed by atoms with Gasteiger partial charge in [-0.3, -0.25) is 9.59 Å². The van der Waals surface area contributed by atoms with Gasteiger partial charge in [-0.15, -0.1) is 0 Å². The molecule has 0 fully saturated rings. The van der Waals surface area contributed by atoms with Gasteiger partial charge in [-0.2, -0.15) is 0 Å². The standard InChI is InChI=1S/C17H12F2N2O3/c18-12-7-11-14(8-13(12)19)20-16(21-17(11)24)10-4-1-9(2-5-10)3-6-15(22)23/h1-2,4-5,7-8H,3,6H2,(H,22,23)(H,20,21,24). The summed E-state index contributed by atoms with van der Waals surface area (Å²) < 4.78 is 26.6. The molecule has 24 heavy (non-hydrogen) atoms. The lowest BCUT2D eigenvalue weighted by molar-refractivity contribution is -0.136. The first-order valence-electron chi connectivity index (χ1n) is 7.14. The number of hydrogen-bond donors (Lipinski definition) is 2. The monoisotopic (exact) mass is 330 g/mol. The van der Waals surface area contributed by atoms with Crippen molar-refractivity contribution in [1.29, 1.82) is 0 Å². The van der Waals surface area contributed by atoms with Crippen LogP contribution in [0.3, 0.4) is 0 Å². The number of aliphatic carboxylic acids is 1. The fraction of sp³-hybridized carbons (Fsp3) is 0.118. The Hall–Kier alpha value is -3.09. The molecule has 0 atom stereocenters. The van der Waals surface area contributed by atoms with Gasteiger partial charge >= 0.3 is 5.97 Å². The number of nitrogens with zero attached hydrogens (tertiary/aromatic N) is 1. The number of carbonyl (C=O) groups is 1. The number of aromatic amines is 1. The Morgan fingerprint density at radius 3 is 2.46 bits per heavy atom. The summed E-state index contributed by atoms with van der Waals surface area (Å²) in [4.78, 5) is 29.3. The lowest BCUT2D eigenvalue weighted by atomic mass is 10.1. The lowest BCUT2D eigenvalue weighted by Crippen LogP contribution is -2.10. The second kappa shape index (κ2) is 6.19. The number of halogens is 2. The summed E-state index contributed by atoms with van der Waals surface area (Å²) in [5.41, 5.74) is 0.904. The van der Waals surface area contributed by atoms with E-state index >= 15 is 0 Å². The largest absolute Gasteiger partial charge is 0.481 e. The first-order valence-corrected chi connectivity index (χ1v) is 7.14. The third kappa shape index (κ3) is 3.15. The lowest BCUT2D eigenvalue weighted by Gasteiger charge is -2.05. The maximum atomic E-state index is 13.3. The predicted octanol–water partition coefficient (Wildman–Crippen LogP) is 2.89. The van der Waals surface area contributed by atoms with Gasteiger partial charge in [0.25, 0.3) is 5.56 Å². The molecule has 5 nitrogen and oxygen atoms in total. The fourth-order valence-corrected chi connectivity index (χ4v) is 2.35. The zero-order chi connectivity index (χ0) is 17.3. The van der Waals surface area contributed by atoms with Crippen LogP contribution in [0.4, 0.5) is 8.78 Å². The first-order chi connectivity index (χ1) is 11.4. The third-order valence-electron chi connectivity index (χ3n) is 3.60. The van der Waals surface area contributed by atoms with E-state index in [0.717, 1.165) is 17.7 Å². The van der Waals surface area contributed by atoms with Crippen molar-refractivity contribution in [2.45, 2.75) is 12.8 Å². The number of nitrogens with one attached hydrogen (secondary N) is 1. The highest BCUT2D eigenvalue weighted by molar-refractivity contribution is 5.79. The Labute approximate surface area is 134 Å². The average Bonchev–Trinajstić information content (AvgIpc) is 2.55. The predicted molar refractivity (Wildman–Crippen MR) is 83.7 cm³/mol. The molecule has 0 aliphatic carbocycles. The van der Waals surface area contributed by atoms with Crippen LogP contribution in [0.2, 0.25) is 0 Å². The van der Waals surface area contributed by atoms with Crippen molar-refractivity contribution in [3.8, 4) is 11.4 Å². The van der Waals surface area contributed by atoms with Crippen LogP contribution in [-0.2, 0) is 11.2 Å². The summed E-state index contributed by atoms with van der Waals surface area (Å²) in [5.74, 6) is -2.84. The molecule has 0 saturated carbocycles. The number of carboxylic acid groups (broad SMARTS) is 1. The summed E-state index contributed by atoms with van der Waals surface area (Å²) in [6, 6.07) is 8.52. The Kier molecular flexibility index (Phi) is 4.07. The Morgan fingerprint density at radius 1 is 1.12 bits per heavy atom. The van der Waals surface area contributed by atoms with Crippen molar-refractivity contribution in [3.63, 3.8) is 0 Å². The summed E-state index contributed by atoms with van der Waals surface area (Å²) in [6.45, 7) is 0. The van der Waals surface area contributed by atoms with E-state index in [1.54, 1.807) is 24.3 Å². The van der Waals surface area contributed by atoms with Gasteiger partial charge in [0.05, 0.1) is 10.9 Å². The molecule has 0 bridgehead atoms. The van der Waals surface area contributed by atoms with Crippen molar-refractivity contribution in [3.05, 3.63) is 63.9 Å². The minimum absolute atomic E-state index is 0.0231. The maximum Gasteiger partial charge on any atom is 0.303 e. The molecule has 7 heteroatoms. The Bertz CT molecular complexity index is 982. The second-order valence-electron chi connectivity index (χ2n) is 5.29. The zero-order valence-corrected chi connectivity index (χ0v) is 12.3. The van der Waals surface area contributed by atoms with Gasteiger partial charge < -0.3 is 10.1 Å². The molecule has 3 aromatic rings. The summed E-state index contributed by atoms with van der Waals surface area (Å²) in [6.07, 6.45) is 0.414. The number of carboxylic acids is 1. The van der Waals surface area contributed by atoms with E-state index in [2.05, 4.69) is 9.97 Å². The van der Waals surface area contributed by atoms with Gasteiger partial charge in [0.15, 0.2) is 11.6 Å². The molecule has 3 rings (SSSR count). The zero-order valence-electron chi connectivity index (χ0n) is 12.3. The van der Waals surface area contributed by atoms with Crippen LogP contribution in [0.5, 0.6) is 0 Å². The highest BCUT2D eigenvalue weighted by Crippen LogP contribution is 2.19. The van der Waals surface area contributed by atoms with Crippen molar-refractivity contribution < 1.29 is 18.7 Å². The molecule has 0 amide bonds. The minimum Gasteiger partial charge on any atom is -0.481 e. The number of H-pyrrole nitrogens is 1. The van der Waals surface area contributed by atoms with Crippen LogP contribution in [0.15, 0.2) is 41.2 Å². The summed E-state index contributed by atoms with van der Waals surface area (Å²) in [7, 11) is 0. The molecule has 1 heterocycles. The van der Waals surface area contributed by atoms with Crippen LogP contribution in [0.25, 0.3) is 22.3 Å². The van der Waals surface area contributed by atoms with Gasteiger partial charge in [0, 0.05) is 18.1 Å². The molecule has 0 unspecified atom stereocenters. The van der Waals surface area contributed by atoms with Gasteiger partial charge in [-0.1, -0.05) is 24.3 Å². The topological polar surface area (TPSA) is 83.0 Å². The number of hydrogen-bond acceptors (Lipinski definition) is 3. The van der Waals surface area contributed by atoms with Crippen LogP contribution in [0, 0.1) is 11.6 Å². The van der Waals surface area contributed by atoms with Crippen LogP contribution >= 0.6 is 0 Å². The van der Waals surface area contributed by atoms with E-state index in [-0.39, 0.29) is 23.1 Å². The summed E-state index contributed by atoms with van der Waals surface area (Å²) >= 11 is 0. The van der Waals surface area contributed by atoms with E-state index in [0.29, 0.717) is 12.0 Å². The van der Waals surface area contributed by atoms with Crippen molar-refractivity contribution in [1.82, 2.24) is 9.97 Å². The number of aromatic nitrogens is 2. The molecular formula is C17H12F2N2O3. The fourth-order valence-electron chi connectivity index (χ4n) is 2.35. The highest BCUT2D eigenvalue weighted by Gasteiger charge is 2.11. The molecule has 0 aliphatic rings. The molecule has 0 spiro atoms. The van der Waals surface area contributed by atoms with Crippen molar-refractivity contribution in [2.24, 2.45) is 0 Å². The van der Waals surface area contributed by atoms with E-state index in [1.165, 1.54) is 0 Å². The minimum atomic E-state index is -1.11. The maximum absolute atomic E-state index is 13.3. The molecule has 122 valence electrons. The third-order valence-corrected chi connectivity index (χ3v) is 3.60. The van der Waals surface area contributed by atoms with E-state index in [9.17, 15) is 18.4 Å². The number of aryl methyl sites for hydroxylation is 1. The molecule has 0 saturated heterocycles. The molecule has 0 radical (unpaired) electrons.